The molecule has 0 bridgehead atoms. The Labute approximate surface area is 123 Å². The van der Waals surface area contributed by atoms with Gasteiger partial charge in [0.05, 0.1) is 16.5 Å². The summed E-state index contributed by atoms with van der Waals surface area (Å²) in [4.78, 5) is 17.7. The van der Waals surface area contributed by atoms with Gasteiger partial charge in [-0.1, -0.05) is 24.9 Å². The number of piperidine rings is 1. The average molecular weight is 299 g/mol. The monoisotopic (exact) mass is 298 g/mol. The third-order valence-electron chi connectivity index (χ3n) is 4.02. The van der Waals surface area contributed by atoms with E-state index >= 15 is 0 Å². The Kier molecular flexibility index (Phi) is 4.50. The molecule has 0 aromatic carbocycles. The fourth-order valence-corrected chi connectivity index (χ4v) is 2.94. The molecule has 2 N–H and O–H groups in total. The summed E-state index contributed by atoms with van der Waals surface area (Å²) in [6.07, 6.45) is 2.30. The molecule has 0 spiro atoms. The van der Waals surface area contributed by atoms with Crippen molar-refractivity contribution in [3.63, 3.8) is 0 Å². The molecule has 110 valence electrons. The Bertz CT molecular complexity index is 480. The van der Waals surface area contributed by atoms with E-state index in [2.05, 4.69) is 4.98 Å². The zero-order valence-corrected chi connectivity index (χ0v) is 12.2. The number of carboxylic acid groups (broad SMARTS) is 1. The van der Waals surface area contributed by atoms with Crippen molar-refractivity contribution in [1.82, 2.24) is 4.98 Å². The molecular weight excluding hydrogens is 280 g/mol. The van der Waals surface area contributed by atoms with Crippen LogP contribution in [-0.2, 0) is 4.79 Å². The zero-order chi connectivity index (χ0) is 14.8. The lowest BCUT2D eigenvalue weighted by molar-refractivity contribution is -0.159. The van der Waals surface area contributed by atoms with Crippen molar-refractivity contribution < 1.29 is 15.0 Å². The molecule has 1 aromatic rings. The maximum Gasteiger partial charge on any atom is 0.312 e. The third kappa shape index (κ3) is 2.74. The zero-order valence-electron chi connectivity index (χ0n) is 11.4. The first-order valence-electron chi connectivity index (χ1n) is 6.77. The largest absolute Gasteiger partial charge is 0.481 e. The van der Waals surface area contributed by atoms with Gasteiger partial charge < -0.3 is 15.1 Å². The van der Waals surface area contributed by atoms with Crippen molar-refractivity contribution in [1.29, 1.82) is 0 Å². The van der Waals surface area contributed by atoms with Crippen LogP contribution in [0, 0.1) is 5.41 Å². The normalized spacial score (nSPS) is 26.6. The first-order chi connectivity index (χ1) is 9.49. The Hall–Kier alpha value is -1.33. The highest BCUT2D eigenvalue weighted by molar-refractivity contribution is 6.30. The average Bonchev–Trinajstić information content (AvgIpc) is 2.42. The Morgan fingerprint density at radius 1 is 1.60 bits per heavy atom. The molecule has 0 aliphatic carbocycles. The summed E-state index contributed by atoms with van der Waals surface area (Å²) in [5.74, 6) is -0.195. The van der Waals surface area contributed by atoms with E-state index < -0.39 is 17.5 Å². The summed E-state index contributed by atoms with van der Waals surface area (Å²) in [6, 6.07) is 3.52. The van der Waals surface area contributed by atoms with Crippen molar-refractivity contribution in [2.45, 2.75) is 32.3 Å². The molecular formula is C14H19ClN2O3. The van der Waals surface area contributed by atoms with Crippen LogP contribution in [0.25, 0.3) is 0 Å². The van der Waals surface area contributed by atoms with Gasteiger partial charge in [0.15, 0.2) is 0 Å². The van der Waals surface area contributed by atoms with Gasteiger partial charge in [-0.3, -0.25) is 4.79 Å². The summed E-state index contributed by atoms with van der Waals surface area (Å²) >= 11 is 5.80. The first-order valence-corrected chi connectivity index (χ1v) is 7.15. The van der Waals surface area contributed by atoms with Gasteiger partial charge in [0.25, 0.3) is 0 Å². The van der Waals surface area contributed by atoms with Gasteiger partial charge in [0, 0.05) is 19.3 Å². The van der Waals surface area contributed by atoms with Crippen LogP contribution < -0.4 is 4.90 Å². The molecule has 5 nitrogen and oxygen atoms in total. The Morgan fingerprint density at radius 2 is 2.35 bits per heavy atom. The Morgan fingerprint density at radius 3 is 2.85 bits per heavy atom. The summed E-state index contributed by atoms with van der Waals surface area (Å²) in [6.45, 7) is 2.78. The molecule has 2 heterocycles. The highest BCUT2D eigenvalue weighted by Gasteiger charge is 2.48. The summed E-state index contributed by atoms with van der Waals surface area (Å²) in [7, 11) is 0. The van der Waals surface area contributed by atoms with E-state index in [-0.39, 0.29) is 6.54 Å². The molecule has 0 unspecified atom stereocenters. The minimum absolute atomic E-state index is 0.279. The topological polar surface area (TPSA) is 73.7 Å². The van der Waals surface area contributed by atoms with Crippen LogP contribution in [0.4, 0.5) is 5.82 Å². The number of β-amino-alcohol motifs (C(OH)–C–C–N with tert-alkyl or cyclic N) is 1. The predicted octanol–water partition coefficient (Wildman–Crippen LogP) is 2.18. The van der Waals surface area contributed by atoms with Crippen LogP contribution in [0.1, 0.15) is 26.2 Å². The quantitative estimate of drug-likeness (QED) is 0.891. The lowest BCUT2D eigenvalue weighted by Crippen LogP contribution is -2.55. The van der Waals surface area contributed by atoms with E-state index in [1.54, 1.807) is 18.3 Å². The second-order valence-corrected chi connectivity index (χ2v) is 5.69. The van der Waals surface area contributed by atoms with Gasteiger partial charge >= 0.3 is 5.97 Å². The van der Waals surface area contributed by atoms with Gasteiger partial charge in [-0.05, 0) is 25.0 Å². The first kappa shape index (κ1) is 15.1. The molecule has 1 aliphatic rings. The molecule has 1 aromatic heterocycles. The molecule has 0 radical (unpaired) electrons. The third-order valence-corrected chi connectivity index (χ3v) is 4.24. The van der Waals surface area contributed by atoms with Crippen LogP contribution in [-0.4, -0.2) is 40.4 Å². The predicted molar refractivity (Wildman–Crippen MR) is 77.1 cm³/mol. The highest BCUT2D eigenvalue weighted by atomic mass is 35.5. The second-order valence-electron chi connectivity index (χ2n) is 5.26. The van der Waals surface area contributed by atoms with E-state index in [4.69, 9.17) is 11.6 Å². The standard InChI is InChI=1S/C14H19ClN2O3/c1-2-5-14(13(19)20)6-7-17(9-11(14)18)12-4-3-10(15)8-16-12/h3-4,8,11,18H,2,5-7,9H2,1H3,(H,19,20)/t11-,14-/m0/s1. The number of nitrogens with zero attached hydrogens (tertiary/aromatic N) is 2. The number of halogens is 1. The fraction of sp³-hybridized carbons (Fsp3) is 0.571. The fourth-order valence-electron chi connectivity index (χ4n) is 2.83. The molecule has 20 heavy (non-hydrogen) atoms. The molecule has 1 fully saturated rings. The van der Waals surface area contributed by atoms with Gasteiger partial charge in [0.2, 0.25) is 0 Å². The van der Waals surface area contributed by atoms with E-state index in [0.29, 0.717) is 30.2 Å². The maximum absolute atomic E-state index is 11.6. The van der Waals surface area contributed by atoms with Crippen LogP contribution in [0.15, 0.2) is 18.3 Å². The number of aromatic nitrogens is 1. The smallest absolute Gasteiger partial charge is 0.312 e. The van der Waals surface area contributed by atoms with E-state index in [0.717, 1.165) is 6.42 Å². The van der Waals surface area contributed by atoms with Crippen molar-refractivity contribution in [2.24, 2.45) is 5.41 Å². The minimum atomic E-state index is -1.03. The number of hydrogen-bond acceptors (Lipinski definition) is 4. The van der Waals surface area contributed by atoms with Crippen molar-refractivity contribution in [3.8, 4) is 0 Å². The lowest BCUT2D eigenvalue weighted by atomic mass is 9.73. The Balaban J connectivity index is 2.15. The van der Waals surface area contributed by atoms with E-state index in [9.17, 15) is 15.0 Å². The number of carbonyl (C=O) groups is 1. The van der Waals surface area contributed by atoms with Crippen LogP contribution in [0.2, 0.25) is 5.02 Å². The molecule has 0 saturated carbocycles. The van der Waals surface area contributed by atoms with Crippen LogP contribution in [0.5, 0.6) is 0 Å². The van der Waals surface area contributed by atoms with Gasteiger partial charge in [-0.25, -0.2) is 4.98 Å². The number of hydrogen-bond donors (Lipinski definition) is 2. The number of anilines is 1. The number of aliphatic hydroxyl groups excluding tert-OH is 1. The number of rotatable bonds is 4. The second kappa shape index (κ2) is 5.97. The number of pyridine rings is 1. The molecule has 0 amide bonds. The van der Waals surface area contributed by atoms with Crippen LogP contribution >= 0.6 is 11.6 Å². The van der Waals surface area contributed by atoms with Crippen molar-refractivity contribution >= 4 is 23.4 Å². The molecule has 2 rings (SSSR count). The highest BCUT2D eigenvalue weighted by Crippen LogP contribution is 2.37. The van der Waals surface area contributed by atoms with E-state index in [1.807, 2.05) is 11.8 Å². The maximum atomic E-state index is 11.6. The minimum Gasteiger partial charge on any atom is -0.481 e. The van der Waals surface area contributed by atoms with Gasteiger partial charge in [-0.15, -0.1) is 0 Å². The number of aliphatic hydroxyl groups is 1. The SMILES string of the molecule is CCC[C@]1(C(=O)O)CCN(c2ccc(Cl)cn2)C[C@@H]1O. The van der Waals surface area contributed by atoms with Crippen molar-refractivity contribution in [3.05, 3.63) is 23.4 Å². The molecule has 1 aliphatic heterocycles. The summed E-state index contributed by atoms with van der Waals surface area (Å²) in [5.41, 5.74) is -1.03. The lowest BCUT2D eigenvalue weighted by Gasteiger charge is -2.43. The van der Waals surface area contributed by atoms with Gasteiger partial charge in [-0.2, -0.15) is 0 Å². The molecule has 1 saturated heterocycles. The summed E-state index contributed by atoms with van der Waals surface area (Å²) in [5, 5.41) is 20.4. The van der Waals surface area contributed by atoms with Crippen molar-refractivity contribution in [2.75, 3.05) is 18.0 Å². The number of carboxylic acids is 1. The van der Waals surface area contributed by atoms with Crippen LogP contribution in [0.3, 0.4) is 0 Å². The van der Waals surface area contributed by atoms with Gasteiger partial charge in [0.1, 0.15) is 5.82 Å². The number of aliphatic carboxylic acids is 1. The summed E-state index contributed by atoms with van der Waals surface area (Å²) < 4.78 is 0. The molecule has 6 heteroatoms. The van der Waals surface area contributed by atoms with E-state index in [1.165, 1.54) is 0 Å². The molecule has 2 atom stereocenters.